The van der Waals surface area contributed by atoms with Gasteiger partial charge in [-0.05, 0) is 98.0 Å². The van der Waals surface area contributed by atoms with Crippen molar-refractivity contribution in [2.75, 3.05) is 7.11 Å². The van der Waals surface area contributed by atoms with Crippen LogP contribution in [-0.2, 0) is 18.4 Å². The Morgan fingerprint density at radius 3 is 2.05 bits per heavy atom. The van der Waals surface area contributed by atoms with Crippen molar-refractivity contribution >= 4 is 22.6 Å². The standard InChI is InChI=1S/C35H62O4Si2/c1-23(31(36)37-10)27-17-18-28-26-16-15-24-21-25(38-40(11,12)32(2,3)4)22-30(39-41(13,14)33(5,6)7)35(24,9)29(26)19-20-34(27,28)8/h15-16,23,25,27-30H,17-22H2,1-14H3/t23?,25?,27-,28+,29+,30?,34-,35+/m1/s1. The highest BCUT2D eigenvalue weighted by Crippen LogP contribution is 2.66. The molecule has 3 fully saturated rings. The summed E-state index contributed by atoms with van der Waals surface area (Å²) in [6.45, 7) is 30.9. The molecule has 41 heavy (non-hydrogen) atoms. The van der Waals surface area contributed by atoms with Crippen LogP contribution in [-0.4, -0.2) is 41.9 Å². The van der Waals surface area contributed by atoms with Crippen LogP contribution in [0.5, 0.6) is 0 Å². The van der Waals surface area contributed by atoms with Gasteiger partial charge in [0.1, 0.15) is 0 Å². The minimum atomic E-state index is -2.02. The summed E-state index contributed by atoms with van der Waals surface area (Å²) in [5.74, 6) is 1.32. The van der Waals surface area contributed by atoms with Gasteiger partial charge in [0.05, 0.1) is 25.2 Å². The lowest BCUT2D eigenvalue weighted by Crippen LogP contribution is -2.58. The molecule has 4 aliphatic rings. The van der Waals surface area contributed by atoms with E-state index < -0.39 is 16.6 Å². The molecule has 8 atom stereocenters. The number of carbonyl (C=O) groups is 1. The molecule has 4 nitrogen and oxygen atoms in total. The van der Waals surface area contributed by atoms with E-state index in [2.05, 4.69) is 101 Å². The van der Waals surface area contributed by atoms with Gasteiger partial charge in [-0.1, -0.05) is 85.6 Å². The molecule has 4 rings (SSSR count). The fourth-order valence-electron chi connectivity index (χ4n) is 8.60. The molecule has 0 aromatic carbocycles. The number of esters is 1. The highest BCUT2D eigenvalue weighted by molar-refractivity contribution is 6.74. The van der Waals surface area contributed by atoms with E-state index in [0.717, 1.165) is 19.3 Å². The average Bonchev–Trinajstić information content (AvgIpc) is 3.19. The fraction of sp³-hybridized carbons (Fsp3) is 0.857. The monoisotopic (exact) mass is 602 g/mol. The Labute approximate surface area is 254 Å². The van der Waals surface area contributed by atoms with E-state index in [0.29, 0.717) is 17.8 Å². The molecular formula is C35H62O4Si2. The largest absolute Gasteiger partial charge is 0.469 e. The first-order valence-electron chi connectivity index (χ1n) is 16.4. The van der Waals surface area contributed by atoms with Crippen molar-refractivity contribution in [2.24, 2.45) is 34.5 Å². The van der Waals surface area contributed by atoms with E-state index in [9.17, 15) is 4.79 Å². The lowest BCUT2D eigenvalue weighted by atomic mass is 9.49. The summed E-state index contributed by atoms with van der Waals surface area (Å²) < 4.78 is 19.8. The summed E-state index contributed by atoms with van der Waals surface area (Å²) in [4.78, 5) is 12.6. The summed E-state index contributed by atoms with van der Waals surface area (Å²) >= 11 is 0. The zero-order valence-corrected chi connectivity index (χ0v) is 31.0. The molecule has 3 unspecified atom stereocenters. The third-order valence-corrected chi connectivity index (χ3v) is 22.4. The van der Waals surface area contributed by atoms with Crippen molar-refractivity contribution in [1.29, 1.82) is 0 Å². The van der Waals surface area contributed by atoms with E-state index in [1.807, 2.05) is 0 Å². The molecule has 0 aromatic heterocycles. The smallest absolute Gasteiger partial charge is 0.308 e. The predicted molar refractivity (Wildman–Crippen MR) is 176 cm³/mol. The van der Waals surface area contributed by atoms with Gasteiger partial charge in [-0.25, -0.2) is 0 Å². The summed E-state index contributed by atoms with van der Waals surface area (Å²) in [6, 6.07) is 0. The van der Waals surface area contributed by atoms with E-state index in [4.69, 9.17) is 13.6 Å². The second-order valence-corrected chi connectivity index (χ2v) is 27.1. The zero-order valence-electron chi connectivity index (χ0n) is 29.0. The van der Waals surface area contributed by atoms with E-state index in [1.165, 1.54) is 26.4 Å². The van der Waals surface area contributed by atoms with Crippen LogP contribution in [0.1, 0.15) is 101 Å². The maximum absolute atomic E-state index is 12.6. The van der Waals surface area contributed by atoms with E-state index in [1.54, 1.807) is 11.1 Å². The number of ether oxygens (including phenoxy) is 1. The van der Waals surface area contributed by atoms with E-state index >= 15 is 0 Å². The molecule has 0 aliphatic heterocycles. The average molecular weight is 603 g/mol. The molecule has 0 heterocycles. The number of hydrogen-bond acceptors (Lipinski definition) is 4. The summed E-state index contributed by atoms with van der Waals surface area (Å²) in [6.07, 6.45) is 12.0. The highest BCUT2D eigenvalue weighted by atomic mass is 28.4. The molecule has 0 amide bonds. The summed E-state index contributed by atoms with van der Waals surface area (Å²) in [5, 5.41) is 0.341. The van der Waals surface area contributed by atoms with Crippen LogP contribution in [0, 0.1) is 34.5 Å². The van der Waals surface area contributed by atoms with Gasteiger partial charge in [-0.2, -0.15) is 0 Å². The Bertz CT molecular complexity index is 1080. The topological polar surface area (TPSA) is 44.8 Å². The highest BCUT2D eigenvalue weighted by Gasteiger charge is 2.61. The van der Waals surface area contributed by atoms with Gasteiger partial charge < -0.3 is 13.6 Å². The second kappa shape index (κ2) is 10.7. The minimum Gasteiger partial charge on any atom is -0.469 e. The van der Waals surface area contributed by atoms with Crippen LogP contribution >= 0.6 is 0 Å². The maximum atomic E-state index is 12.6. The van der Waals surface area contributed by atoms with Crippen molar-refractivity contribution in [3.8, 4) is 0 Å². The Morgan fingerprint density at radius 1 is 0.902 bits per heavy atom. The van der Waals surface area contributed by atoms with Crippen LogP contribution in [0.4, 0.5) is 0 Å². The summed E-state index contributed by atoms with van der Waals surface area (Å²) in [7, 11) is -2.40. The molecule has 4 aliphatic carbocycles. The fourth-order valence-corrected chi connectivity index (χ4v) is 11.4. The number of carbonyl (C=O) groups excluding carboxylic acids is 1. The molecule has 234 valence electrons. The Kier molecular flexibility index (Phi) is 8.69. The Balaban J connectivity index is 1.73. The van der Waals surface area contributed by atoms with Gasteiger partial charge in [0.15, 0.2) is 16.6 Å². The molecular weight excluding hydrogens is 541 g/mol. The van der Waals surface area contributed by atoms with Crippen molar-refractivity contribution in [3.05, 3.63) is 23.3 Å². The third kappa shape index (κ3) is 5.55. The zero-order chi connectivity index (χ0) is 31.0. The van der Waals surface area contributed by atoms with Gasteiger partial charge in [0.25, 0.3) is 0 Å². The lowest BCUT2D eigenvalue weighted by Gasteiger charge is -2.59. The quantitative estimate of drug-likeness (QED) is 0.224. The summed E-state index contributed by atoms with van der Waals surface area (Å²) in [5.41, 5.74) is 3.32. The van der Waals surface area contributed by atoms with Crippen molar-refractivity contribution < 1.29 is 18.4 Å². The predicted octanol–water partition coefficient (Wildman–Crippen LogP) is 9.69. The molecule has 0 aromatic rings. The minimum absolute atomic E-state index is 0.0136. The molecule has 0 spiro atoms. The van der Waals surface area contributed by atoms with Crippen molar-refractivity contribution in [3.63, 3.8) is 0 Å². The molecule has 3 saturated carbocycles. The number of hydrogen-bond donors (Lipinski definition) is 0. The maximum Gasteiger partial charge on any atom is 0.308 e. The number of allylic oxidation sites excluding steroid dienone is 3. The number of fused-ring (bicyclic) bond motifs is 5. The van der Waals surface area contributed by atoms with Gasteiger partial charge >= 0.3 is 5.97 Å². The van der Waals surface area contributed by atoms with Gasteiger partial charge in [-0.15, -0.1) is 0 Å². The Hall–Kier alpha value is -0.696. The van der Waals surface area contributed by atoms with Gasteiger partial charge in [-0.3, -0.25) is 4.79 Å². The number of rotatable bonds is 6. The van der Waals surface area contributed by atoms with Crippen molar-refractivity contribution in [2.45, 2.75) is 149 Å². The molecule has 0 saturated heterocycles. The Morgan fingerprint density at radius 2 is 1.49 bits per heavy atom. The van der Waals surface area contributed by atoms with Crippen LogP contribution in [0.3, 0.4) is 0 Å². The first kappa shape index (κ1) is 33.2. The second-order valence-electron chi connectivity index (χ2n) is 17.6. The van der Waals surface area contributed by atoms with Gasteiger partial charge in [0, 0.05) is 5.41 Å². The number of methoxy groups -OCH3 is 1. The van der Waals surface area contributed by atoms with Crippen LogP contribution in [0.15, 0.2) is 23.3 Å². The first-order chi connectivity index (χ1) is 18.6. The molecule has 0 bridgehead atoms. The SMILES string of the molecule is COC(=O)C(C)[C@H]1CC[C@H]2C3=CC=C4CC(O[Si](C)(C)C(C)(C)C)CC(O[Si](C)(C)C(C)(C)C)[C@]4(C)[C@H]3CC[C@]12C. The van der Waals surface area contributed by atoms with Crippen LogP contribution in [0.25, 0.3) is 0 Å². The van der Waals surface area contributed by atoms with Crippen LogP contribution < -0.4 is 0 Å². The lowest BCUT2D eigenvalue weighted by molar-refractivity contribution is -0.148. The molecule has 6 heteroatoms. The molecule has 0 radical (unpaired) electrons. The van der Waals surface area contributed by atoms with Crippen molar-refractivity contribution in [1.82, 2.24) is 0 Å². The normalized spacial score (nSPS) is 36.9. The van der Waals surface area contributed by atoms with E-state index in [-0.39, 0.29) is 45.0 Å². The first-order valence-corrected chi connectivity index (χ1v) is 22.3. The van der Waals surface area contributed by atoms with Gasteiger partial charge in [0.2, 0.25) is 0 Å². The van der Waals surface area contributed by atoms with Crippen LogP contribution in [0.2, 0.25) is 36.3 Å². The molecule has 0 N–H and O–H groups in total. The third-order valence-electron chi connectivity index (χ3n) is 13.4.